The van der Waals surface area contributed by atoms with Crippen LogP contribution in [0.3, 0.4) is 0 Å². The summed E-state index contributed by atoms with van der Waals surface area (Å²) >= 11 is 0. The standard InChI is InChI=1S/C25H23N7.ClH/c1-15-7-9-26-13-22(15)18-4-6-23-21(11-18)25(30-28-23)24-14-32(31-29-24)19-5-3-17-8-10-27-16(2)20(17)12-19;/h3-7,9,11-14,16,27H,8,10H2,1-2H3,(H,28,30);1H. The molecule has 1 atom stereocenters. The number of aromatic nitrogens is 6. The molecule has 33 heavy (non-hydrogen) atoms. The van der Waals surface area contributed by atoms with E-state index in [0.717, 1.165) is 52.1 Å². The number of pyridine rings is 1. The van der Waals surface area contributed by atoms with Gasteiger partial charge < -0.3 is 5.32 Å². The van der Waals surface area contributed by atoms with Gasteiger partial charge in [0.05, 0.1) is 17.4 Å². The van der Waals surface area contributed by atoms with E-state index in [2.05, 4.69) is 81.1 Å². The third-order valence-electron chi connectivity index (χ3n) is 6.35. The first-order valence-electron chi connectivity index (χ1n) is 10.9. The Labute approximate surface area is 197 Å². The van der Waals surface area contributed by atoms with Crippen LogP contribution >= 0.6 is 12.4 Å². The highest BCUT2D eigenvalue weighted by Gasteiger charge is 2.18. The first-order valence-corrected chi connectivity index (χ1v) is 10.9. The second-order valence-electron chi connectivity index (χ2n) is 8.38. The van der Waals surface area contributed by atoms with Crippen LogP contribution in [0.5, 0.6) is 0 Å². The van der Waals surface area contributed by atoms with Crippen LogP contribution in [-0.2, 0) is 6.42 Å². The fourth-order valence-corrected chi connectivity index (χ4v) is 4.53. The summed E-state index contributed by atoms with van der Waals surface area (Å²) in [6.07, 6.45) is 6.72. The molecule has 5 aromatic rings. The van der Waals surface area contributed by atoms with Crippen LogP contribution in [0.2, 0.25) is 0 Å². The molecule has 0 amide bonds. The van der Waals surface area contributed by atoms with E-state index in [0.29, 0.717) is 6.04 Å². The minimum atomic E-state index is 0. The second-order valence-corrected chi connectivity index (χ2v) is 8.38. The summed E-state index contributed by atoms with van der Waals surface area (Å²) in [7, 11) is 0. The molecule has 7 nitrogen and oxygen atoms in total. The average molecular weight is 458 g/mol. The lowest BCUT2D eigenvalue weighted by molar-refractivity contribution is 0.540. The molecule has 6 rings (SSSR count). The SMILES string of the molecule is Cc1ccncc1-c1ccc2[nH]nc(-c3cn(-c4ccc5c(c4)C(C)NCC5)nn3)c2c1.Cl. The van der Waals surface area contributed by atoms with Gasteiger partial charge in [0.15, 0.2) is 0 Å². The van der Waals surface area contributed by atoms with Gasteiger partial charge in [0, 0.05) is 29.4 Å². The molecule has 4 heterocycles. The minimum Gasteiger partial charge on any atom is -0.310 e. The number of rotatable bonds is 3. The van der Waals surface area contributed by atoms with E-state index < -0.39 is 0 Å². The molecule has 1 aliphatic rings. The summed E-state index contributed by atoms with van der Waals surface area (Å²) in [6, 6.07) is 15.2. The lowest BCUT2D eigenvalue weighted by Crippen LogP contribution is -2.27. The van der Waals surface area contributed by atoms with Crippen LogP contribution in [0.25, 0.3) is 39.1 Å². The number of halogens is 1. The summed E-state index contributed by atoms with van der Waals surface area (Å²) in [5.74, 6) is 0. The first kappa shape index (κ1) is 21.3. The molecule has 2 N–H and O–H groups in total. The largest absolute Gasteiger partial charge is 0.310 e. The number of nitrogens with one attached hydrogen (secondary N) is 2. The fourth-order valence-electron chi connectivity index (χ4n) is 4.53. The number of aromatic amines is 1. The predicted molar refractivity (Wildman–Crippen MR) is 132 cm³/mol. The van der Waals surface area contributed by atoms with E-state index >= 15 is 0 Å². The monoisotopic (exact) mass is 457 g/mol. The number of aryl methyl sites for hydroxylation is 1. The van der Waals surface area contributed by atoms with Crippen molar-refractivity contribution in [1.82, 2.24) is 35.5 Å². The Morgan fingerprint density at radius 3 is 2.88 bits per heavy atom. The van der Waals surface area contributed by atoms with Crippen molar-refractivity contribution in [2.24, 2.45) is 0 Å². The van der Waals surface area contributed by atoms with E-state index in [1.165, 1.54) is 16.7 Å². The van der Waals surface area contributed by atoms with Gasteiger partial charge in [-0.2, -0.15) is 5.10 Å². The van der Waals surface area contributed by atoms with E-state index in [4.69, 9.17) is 0 Å². The lowest BCUT2D eigenvalue weighted by atomic mass is 9.95. The van der Waals surface area contributed by atoms with Gasteiger partial charge in [0.25, 0.3) is 0 Å². The third kappa shape index (κ3) is 3.69. The van der Waals surface area contributed by atoms with Gasteiger partial charge in [-0.15, -0.1) is 17.5 Å². The van der Waals surface area contributed by atoms with Gasteiger partial charge in [0.2, 0.25) is 0 Å². The molecule has 0 spiro atoms. The fraction of sp³-hybridized carbons (Fsp3) is 0.200. The molecule has 8 heteroatoms. The summed E-state index contributed by atoms with van der Waals surface area (Å²) in [6.45, 7) is 5.32. The molecule has 0 aliphatic carbocycles. The van der Waals surface area contributed by atoms with Crippen LogP contribution in [-0.4, -0.2) is 36.7 Å². The number of fused-ring (bicyclic) bond motifs is 2. The van der Waals surface area contributed by atoms with Crippen molar-refractivity contribution in [3.8, 4) is 28.2 Å². The van der Waals surface area contributed by atoms with Gasteiger partial charge in [-0.1, -0.05) is 17.3 Å². The van der Waals surface area contributed by atoms with Crippen molar-refractivity contribution in [3.63, 3.8) is 0 Å². The van der Waals surface area contributed by atoms with E-state index in [1.807, 2.05) is 29.3 Å². The van der Waals surface area contributed by atoms with Crippen LogP contribution < -0.4 is 5.32 Å². The van der Waals surface area contributed by atoms with Crippen LogP contribution in [0, 0.1) is 6.92 Å². The van der Waals surface area contributed by atoms with Crippen molar-refractivity contribution in [1.29, 1.82) is 0 Å². The van der Waals surface area contributed by atoms with E-state index in [-0.39, 0.29) is 12.4 Å². The quantitative estimate of drug-likeness (QED) is 0.406. The molecular weight excluding hydrogens is 434 g/mol. The molecular formula is C25H24ClN7. The molecule has 0 bridgehead atoms. The number of nitrogens with zero attached hydrogens (tertiary/aromatic N) is 5. The maximum absolute atomic E-state index is 4.55. The van der Waals surface area contributed by atoms with Crippen molar-refractivity contribution in [2.75, 3.05) is 6.54 Å². The molecule has 1 aliphatic heterocycles. The summed E-state index contributed by atoms with van der Waals surface area (Å²) in [5, 5.41) is 21.0. The summed E-state index contributed by atoms with van der Waals surface area (Å²) in [5.41, 5.74) is 9.63. The zero-order chi connectivity index (χ0) is 21.7. The Morgan fingerprint density at radius 1 is 1.09 bits per heavy atom. The van der Waals surface area contributed by atoms with Gasteiger partial charge >= 0.3 is 0 Å². The smallest absolute Gasteiger partial charge is 0.134 e. The topological polar surface area (TPSA) is 84.3 Å². The van der Waals surface area contributed by atoms with Crippen molar-refractivity contribution >= 4 is 23.3 Å². The van der Waals surface area contributed by atoms with Gasteiger partial charge in [-0.05, 0) is 79.4 Å². The normalized spacial score (nSPS) is 15.3. The molecule has 1 unspecified atom stereocenters. The Balaban J connectivity index is 0.00000228. The van der Waals surface area contributed by atoms with Crippen LogP contribution in [0.1, 0.15) is 29.7 Å². The van der Waals surface area contributed by atoms with Crippen LogP contribution in [0.15, 0.2) is 61.1 Å². The highest BCUT2D eigenvalue weighted by Crippen LogP contribution is 2.31. The number of benzene rings is 2. The van der Waals surface area contributed by atoms with Crippen molar-refractivity contribution in [2.45, 2.75) is 26.3 Å². The van der Waals surface area contributed by atoms with Crippen molar-refractivity contribution < 1.29 is 0 Å². The van der Waals surface area contributed by atoms with Gasteiger partial charge in [0.1, 0.15) is 11.4 Å². The second kappa shape index (κ2) is 8.42. The van der Waals surface area contributed by atoms with Crippen molar-refractivity contribution in [3.05, 3.63) is 77.7 Å². The molecule has 0 fully saturated rings. The summed E-state index contributed by atoms with van der Waals surface area (Å²) in [4.78, 5) is 4.29. The first-order chi connectivity index (χ1) is 15.7. The molecule has 2 aromatic carbocycles. The Kier molecular flexibility index (Phi) is 5.44. The summed E-state index contributed by atoms with van der Waals surface area (Å²) < 4.78 is 1.83. The minimum absolute atomic E-state index is 0. The molecule has 0 radical (unpaired) electrons. The highest BCUT2D eigenvalue weighted by molar-refractivity contribution is 5.95. The molecule has 166 valence electrons. The number of hydrogen-bond acceptors (Lipinski definition) is 5. The highest BCUT2D eigenvalue weighted by atomic mass is 35.5. The zero-order valence-electron chi connectivity index (χ0n) is 18.4. The van der Waals surface area contributed by atoms with E-state index in [1.54, 1.807) is 0 Å². The Bertz CT molecular complexity index is 1450. The molecule has 0 saturated heterocycles. The number of H-pyrrole nitrogens is 1. The Hall–Kier alpha value is -3.55. The zero-order valence-corrected chi connectivity index (χ0v) is 19.2. The number of hydrogen-bond donors (Lipinski definition) is 2. The van der Waals surface area contributed by atoms with Gasteiger partial charge in [-0.3, -0.25) is 10.1 Å². The average Bonchev–Trinajstić information content (AvgIpc) is 3.46. The predicted octanol–water partition coefficient (Wildman–Crippen LogP) is 4.81. The van der Waals surface area contributed by atoms with Gasteiger partial charge in [-0.25, -0.2) is 4.68 Å². The molecule has 0 saturated carbocycles. The Morgan fingerprint density at radius 2 is 2.00 bits per heavy atom. The maximum atomic E-state index is 4.55. The van der Waals surface area contributed by atoms with Crippen LogP contribution in [0.4, 0.5) is 0 Å². The lowest BCUT2D eigenvalue weighted by Gasteiger charge is -2.24. The maximum Gasteiger partial charge on any atom is 0.134 e. The third-order valence-corrected chi connectivity index (χ3v) is 6.35. The molecule has 3 aromatic heterocycles. The van der Waals surface area contributed by atoms with E-state index in [9.17, 15) is 0 Å².